The van der Waals surface area contributed by atoms with Crippen molar-refractivity contribution in [1.29, 1.82) is 0 Å². The van der Waals surface area contributed by atoms with Gasteiger partial charge in [-0.3, -0.25) is 9.20 Å². The average molecular weight is 484 g/mol. The Hall–Kier alpha value is -0.640. The number of hydrogen-bond acceptors (Lipinski definition) is 4. The third kappa shape index (κ3) is 8.52. The van der Waals surface area contributed by atoms with Gasteiger partial charge in [0, 0.05) is 46.9 Å². The molecule has 1 unspecified atom stereocenters. The van der Waals surface area contributed by atoms with Crippen molar-refractivity contribution in [2.24, 2.45) is 4.99 Å². The molecule has 1 aromatic heterocycles. The molecular weight excluding hydrogens is 451 g/mol. The minimum Gasteiger partial charge on any atom is -0.359 e. The first-order valence-corrected chi connectivity index (χ1v) is 9.92. The maximum Gasteiger partial charge on any atom is 0.191 e. The number of rotatable bonds is 8. The normalized spacial score (nSPS) is 13.5. The SMILES string of the molecule is CCC(CC)c1cc(CNC(=NC)NCCS(=O)C(C)(C)C)on1.I. The molecule has 6 nitrogen and oxygen atoms in total. The lowest BCUT2D eigenvalue weighted by Gasteiger charge is -2.18. The summed E-state index contributed by atoms with van der Waals surface area (Å²) in [6.45, 7) is 11.4. The van der Waals surface area contributed by atoms with E-state index in [2.05, 4.69) is 34.6 Å². The fraction of sp³-hybridized carbons (Fsp3) is 0.765. The van der Waals surface area contributed by atoms with Crippen LogP contribution in [-0.4, -0.2) is 39.4 Å². The van der Waals surface area contributed by atoms with E-state index in [9.17, 15) is 4.21 Å². The van der Waals surface area contributed by atoms with Gasteiger partial charge in [0.05, 0.1) is 12.2 Å². The first-order valence-electron chi connectivity index (χ1n) is 8.60. The molecule has 2 N–H and O–H groups in total. The van der Waals surface area contributed by atoms with Gasteiger partial charge in [0.25, 0.3) is 0 Å². The molecule has 0 saturated heterocycles. The van der Waals surface area contributed by atoms with Gasteiger partial charge in [-0.1, -0.05) is 19.0 Å². The number of hydrogen-bond donors (Lipinski definition) is 2. The molecule has 0 spiro atoms. The maximum absolute atomic E-state index is 12.0. The van der Waals surface area contributed by atoms with E-state index in [1.807, 2.05) is 26.8 Å². The van der Waals surface area contributed by atoms with E-state index in [-0.39, 0.29) is 28.7 Å². The molecule has 0 fully saturated rings. The number of guanidine groups is 1. The van der Waals surface area contributed by atoms with E-state index >= 15 is 0 Å². The molecule has 0 aromatic carbocycles. The summed E-state index contributed by atoms with van der Waals surface area (Å²) in [7, 11) is 0.841. The van der Waals surface area contributed by atoms with Gasteiger partial charge in [-0.2, -0.15) is 0 Å². The highest BCUT2D eigenvalue weighted by atomic mass is 127. The molecule has 146 valence electrons. The van der Waals surface area contributed by atoms with Crippen molar-refractivity contribution in [1.82, 2.24) is 15.8 Å². The van der Waals surface area contributed by atoms with Crippen molar-refractivity contribution in [3.8, 4) is 0 Å². The Morgan fingerprint density at radius 2 is 1.96 bits per heavy atom. The van der Waals surface area contributed by atoms with E-state index in [1.165, 1.54) is 0 Å². The maximum atomic E-state index is 12.0. The summed E-state index contributed by atoms with van der Waals surface area (Å²) in [4.78, 5) is 4.17. The van der Waals surface area contributed by atoms with Gasteiger partial charge >= 0.3 is 0 Å². The highest BCUT2D eigenvalue weighted by Gasteiger charge is 2.18. The van der Waals surface area contributed by atoms with Crippen LogP contribution in [0.5, 0.6) is 0 Å². The number of nitrogens with zero attached hydrogens (tertiary/aromatic N) is 2. The second kappa shape index (κ2) is 11.9. The van der Waals surface area contributed by atoms with E-state index in [0.29, 0.717) is 30.7 Å². The second-order valence-electron chi connectivity index (χ2n) is 6.75. The zero-order valence-corrected chi connectivity index (χ0v) is 19.4. The topological polar surface area (TPSA) is 79.5 Å². The number of aromatic nitrogens is 1. The van der Waals surface area contributed by atoms with Gasteiger partial charge in [-0.05, 0) is 33.6 Å². The van der Waals surface area contributed by atoms with Gasteiger partial charge in [0.1, 0.15) is 0 Å². The molecule has 0 aliphatic heterocycles. The van der Waals surface area contributed by atoms with Crippen molar-refractivity contribution >= 4 is 40.7 Å². The largest absolute Gasteiger partial charge is 0.359 e. The van der Waals surface area contributed by atoms with Crippen LogP contribution in [0.1, 0.15) is 64.8 Å². The molecule has 0 saturated carbocycles. The van der Waals surface area contributed by atoms with E-state index in [4.69, 9.17) is 4.52 Å². The Kier molecular flexibility index (Phi) is 11.6. The van der Waals surface area contributed by atoms with Crippen molar-refractivity contribution in [3.63, 3.8) is 0 Å². The third-order valence-corrected chi connectivity index (χ3v) is 5.84. The number of nitrogens with one attached hydrogen (secondary N) is 2. The van der Waals surface area contributed by atoms with Gasteiger partial charge in [0.2, 0.25) is 0 Å². The summed E-state index contributed by atoms with van der Waals surface area (Å²) in [5.74, 6) is 2.50. The minimum atomic E-state index is -0.874. The molecule has 0 aliphatic carbocycles. The Bertz CT molecular complexity index is 551. The molecule has 0 bridgehead atoms. The quantitative estimate of drug-likeness (QED) is 0.336. The highest BCUT2D eigenvalue weighted by molar-refractivity contribution is 14.0. The van der Waals surface area contributed by atoms with Crippen molar-refractivity contribution < 1.29 is 8.73 Å². The van der Waals surface area contributed by atoms with Crippen LogP contribution in [0, 0.1) is 0 Å². The first-order chi connectivity index (χ1) is 11.3. The fourth-order valence-electron chi connectivity index (χ4n) is 2.27. The molecule has 1 heterocycles. The van der Waals surface area contributed by atoms with Crippen molar-refractivity contribution in [2.45, 2.75) is 64.7 Å². The number of halogens is 1. The summed E-state index contributed by atoms with van der Waals surface area (Å²) >= 11 is 0. The fourth-order valence-corrected chi connectivity index (χ4v) is 3.17. The second-order valence-corrected chi connectivity index (χ2v) is 9.07. The predicted molar refractivity (Wildman–Crippen MR) is 116 cm³/mol. The van der Waals surface area contributed by atoms with Gasteiger partial charge < -0.3 is 15.2 Å². The molecule has 25 heavy (non-hydrogen) atoms. The summed E-state index contributed by atoms with van der Waals surface area (Å²) in [6.07, 6.45) is 2.12. The van der Waals surface area contributed by atoms with Crippen LogP contribution in [0.15, 0.2) is 15.6 Å². The molecule has 0 aliphatic rings. The Labute approximate surface area is 171 Å². The minimum absolute atomic E-state index is 0. The van der Waals surface area contributed by atoms with Gasteiger partial charge in [-0.15, -0.1) is 24.0 Å². The summed E-state index contributed by atoms with van der Waals surface area (Å²) < 4.78 is 17.2. The predicted octanol–water partition coefficient (Wildman–Crippen LogP) is 3.41. The standard InChI is InChI=1S/C17H32N4O2S.HI/c1-7-13(8-2)15-11-14(23-21-15)12-20-16(18-6)19-9-10-24(22)17(3,4)5;/h11,13H,7-10,12H2,1-6H3,(H2,18,19,20);1H. The summed E-state index contributed by atoms with van der Waals surface area (Å²) in [5, 5.41) is 10.5. The first kappa shape index (κ1) is 24.4. The van der Waals surface area contributed by atoms with Crippen LogP contribution >= 0.6 is 24.0 Å². The molecular formula is C17H33IN4O2S. The van der Waals surface area contributed by atoms with E-state index < -0.39 is 10.8 Å². The third-order valence-electron chi connectivity index (χ3n) is 3.90. The number of aliphatic imine (C=N–C) groups is 1. The molecule has 1 atom stereocenters. The zero-order valence-electron chi connectivity index (χ0n) is 16.2. The molecule has 1 rings (SSSR count). The van der Waals surface area contributed by atoms with Crippen LogP contribution < -0.4 is 10.6 Å². The molecule has 1 aromatic rings. The molecule has 0 radical (unpaired) electrons. The Morgan fingerprint density at radius 3 is 2.48 bits per heavy atom. The molecule has 0 amide bonds. The zero-order chi connectivity index (χ0) is 18.2. The van der Waals surface area contributed by atoms with E-state index in [0.717, 1.165) is 24.3 Å². The van der Waals surface area contributed by atoms with Gasteiger partial charge in [0.15, 0.2) is 11.7 Å². The van der Waals surface area contributed by atoms with Crippen LogP contribution in [0.2, 0.25) is 0 Å². The lowest BCUT2D eigenvalue weighted by atomic mass is 9.99. The van der Waals surface area contributed by atoms with Crippen LogP contribution in [0.3, 0.4) is 0 Å². The Balaban J connectivity index is 0.00000576. The van der Waals surface area contributed by atoms with Crippen LogP contribution in [0.4, 0.5) is 0 Å². The lowest BCUT2D eigenvalue weighted by molar-refractivity contribution is 0.368. The highest BCUT2D eigenvalue weighted by Crippen LogP contribution is 2.22. The van der Waals surface area contributed by atoms with Crippen LogP contribution in [-0.2, 0) is 17.3 Å². The van der Waals surface area contributed by atoms with Crippen molar-refractivity contribution in [2.75, 3.05) is 19.3 Å². The van der Waals surface area contributed by atoms with Crippen molar-refractivity contribution in [3.05, 3.63) is 17.5 Å². The van der Waals surface area contributed by atoms with Gasteiger partial charge in [-0.25, -0.2) is 0 Å². The average Bonchev–Trinajstić information content (AvgIpc) is 2.99. The summed E-state index contributed by atoms with van der Waals surface area (Å²) in [6, 6.07) is 2.01. The van der Waals surface area contributed by atoms with Crippen LogP contribution in [0.25, 0.3) is 0 Å². The smallest absolute Gasteiger partial charge is 0.191 e. The lowest BCUT2D eigenvalue weighted by Crippen LogP contribution is -2.40. The Morgan fingerprint density at radius 1 is 1.32 bits per heavy atom. The molecule has 8 heteroatoms. The van der Waals surface area contributed by atoms with E-state index in [1.54, 1.807) is 7.05 Å². The monoisotopic (exact) mass is 484 g/mol. The summed E-state index contributed by atoms with van der Waals surface area (Å²) in [5.41, 5.74) is 1.01.